The normalized spacial score (nSPS) is 14.7. The molecule has 1 saturated heterocycles. The van der Waals surface area contributed by atoms with Crippen molar-refractivity contribution in [3.8, 4) is 0 Å². The van der Waals surface area contributed by atoms with E-state index in [-0.39, 0.29) is 18.9 Å². The molecule has 1 amide bonds. The van der Waals surface area contributed by atoms with Crippen molar-refractivity contribution >= 4 is 24.7 Å². The molecule has 32 heavy (non-hydrogen) atoms. The van der Waals surface area contributed by atoms with Crippen LogP contribution in [0, 0.1) is 0 Å². The number of carbonyl (C=O) groups is 3. The van der Waals surface area contributed by atoms with Crippen LogP contribution in [-0.2, 0) is 32.7 Å². The third-order valence-electron chi connectivity index (χ3n) is 4.80. The quantitative estimate of drug-likeness (QED) is 0.330. The minimum atomic E-state index is -0.658. The highest BCUT2D eigenvalue weighted by molar-refractivity contribution is 5.89. The lowest BCUT2D eigenvalue weighted by Crippen LogP contribution is -2.58. The van der Waals surface area contributed by atoms with Crippen LogP contribution in [0.4, 0.5) is 5.82 Å². The minimum absolute atomic E-state index is 0.00293. The van der Waals surface area contributed by atoms with Crippen LogP contribution in [0.2, 0.25) is 0 Å². The highest BCUT2D eigenvalue weighted by atomic mass is 16.5. The van der Waals surface area contributed by atoms with Crippen LogP contribution in [0.15, 0.2) is 35.3 Å². The Balaban J connectivity index is 0.000000769. The largest absolute Gasteiger partial charge is 0.483 e. The molecule has 0 unspecified atom stereocenters. The molecule has 12 heteroatoms. The zero-order chi connectivity index (χ0) is 23.8. The fraction of sp³-hybridized carbons (Fsp3) is 0.500. The molecule has 3 heterocycles. The van der Waals surface area contributed by atoms with Gasteiger partial charge in [-0.3, -0.25) is 24.0 Å². The minimum Gasteiger partial charge on any atom is -0.483 e. The van der Waals surface area contributed by atoms with Gasteiger partial charge in [0.05, 0.1) is 19.1 Å². The van der Waals surface area contributed by atoms with Gasteiger partial charge in [0, 0.05) is 58.2 Å². The third-order valence-corrected chi connectivity index (χ3v) is 4.80. The third kappa shape index (κ3) is 8.78. The zero-order valence-corrected chi connectivity index (χ0v) is 18.3. The Hall–Kier alpha value is -3.38. The number of carbonyl (C=O) groups excluding carboxylic acids is 1. The summed E-state index contributed by atoms with van der Waals surface area (Å²) in [6.07, 6.45) is 6.74. The fourth-order valence-electron chi connectivity index (χ4n) is 3.31. The Morgan fingerprint density at radius 1 is 1.28 bits per heavy atom. The highest BCUT2D eigenvalue weighted by Crippen LogP contribution is 2.28. The van der Waals surface area contributed by atoms with E-state index in [1.807, 2.05) is 25.4 Å². The SMILES string of the molecule is COCCNC(=O)C1(Nc2ccn(C)n2)CCN(Cc2ccoc2)CC1.O=CO.O=CO. The van der Waals surface area contributed by atoms with Crippen LogP contribution < -0.4 is 10.6 Å². The Morgan fingerprint density at radius 3 is 2.44 bits per heavy atom. The molecule has 3 rings (SSSR count). The Morgan fingerprint density at radius 2 is 1.94 bits per heavy atom. The van der Waals surface area contributed by atoms with Gasteiger partial charge in [-0.1, -0.05) is 0 Å². The summed E-state index contributed by atoms with van der Waals surface area (Å²) in [5.41, 5.74) is 0.495. The fourth-order valence-corrected chi connectivity index (χ4v) is 3.31. The average molecular weight is 453 g/mol. The number of carboxylic acid groups (broad SMARTS) is 2. The van der Waals surface area contributed by atoms with Gasteiger partial charge in [0.1, 0.15) is 11.4 Å². The lowest BCUT2D eigenvalue weighted by Gasteiger charge is -2.41. The molecule has 178 valence electrons. The van der Waals surface area contributed by atoms with E-state index in [1.54, 1.807) is 24.3 Å². The highest BCUT2D eigenvalue weighted by Gasteiger charge is 2.41. The van der Waals surface area contributed by atoms with Crippen LogP contribution in [-0.4, -0.2) is 82.6 Å². The Labute approximate surface area is 186 Å². The smallest absolute Gasteiger partial charge is 0.290 e. The first-order valence-electron chi connectivity index (χ1n) is 9.88. The number of aryl methyl sites for hydroxylation is 1. The van der Waals surface area contributed by atoms with Crippen LogP contribution in [0.5, 0.6) is 0 Å². The molecule has 2 aromatic rings. The van der Waals surface area contributed by atoms with Gasteiger partial charge >= 0.3 is 0 Å². The molecule has 1 aliphatic rings. The van der Waals surface area contributed by atoms with Crippen molar-refractivity contribution in [3.63, 3.8) is 0 Å². The summed E-state index contributed by atoms with van der Waals surface area (Å²) >= 11 is 0. The number of amides is 1. The lowest BCUT2D eigenvalue weighted by atomic mass is 9.86. The molecule has 0 atom stereocenters. The van der Waals surface area contributed by atoms with E-state index in [1.165, 1.54) is 0 Å². The molecule has 0 aromatic carbocycles. The van der Waals surface area contributed by atoms with Crippen molar-refractivity contribution in [1.82, 2.24) is 20.0 Å². The van der Waals surface area contributed by atoms with Crippen molar-refractivity contribution in [2.45, 2.75) is 24.9 Å². The maximum atomic E-state index is 12.9. The second-order valence-corrected chi connectivity index (χ2v) is 6.95. The Bertz CT molecular complexity index is 780. The van der Waals surface area contributed by atoms with Crippen molar-refractivity contribution in [3.05, 3.63) is 36.4 Å². The van der Waals surface area contributed by atoms with E-state index in [0.29, 0.717) is 26.0 Å². The van der Waals surface area contributed by atoms with Gasteiger partial charge in [0.15, 0.2) is 0 Å². The molecule has 4 N–H and O–H groups in total. The Kier molecular flexibility index (Phi) is 12.2. The van der Waals surface area contributed by atoms with Gasteiger partial charge in [-0.05, 0) is 18.9 Å². The van der Waals surface area contributed by atoms with Crippen molar-refractivity contribution in [1.29, 1.82) is 0 Å². The van der Waals surface area contributed by atoms with Gasteiger partial charge in [0.2, 0.25) is 5.91 Å². The number of hydrogen-bond acceptors (Lipinski definition) is 8. The molecule has 0 spiro atoms. The number of aromatic nitrogens is 2. The first kappa shape index (κ1) is 26.7. The summed E-state index contributed by atoms with van der Waals surface area (Å²) < 4.78 is 11.9. The number of anilines is 1. The molecule has 0 radical (unpaired) electrons. The molecule has 1 aliphatic heterocycles. The number of hydrogen-bond donors (Lipinski definition) is 4. The van der Waals surface area contributed by atoms with Gasteiger partial charge < -0.3 is 30.0 Å². The van der Waals surface area contributed by atoms with Gasteiger partial charge in [0.25, 0.3) is 12.9 Å². The number of methoxy groups -OCH3 is 1. The second-order valence-electron chi connectivity index (χ2n) is 6.95. The van der Waals surface area contributed by atoms with E-state index < -0.39 is 5.54 Å². The number of rotatable bonds is 8. The van der Waals surface area contributed by atoms with Crippen LogP contribution in [0.25, 0.3) is 0 Å². The summed E-state index contributed by atoms with van der Waals surface area (Å²) in [6, 6.07) is 3.87. The van der Waals surface area contributed by atoms with Gasteiger partial charge in [-0.15, -0.1) is 0 Å². The first-order chi connectivity index (χ1) is 15.4. The molecule has 0 bridgehead atoms. The predicted octanol–water partition coefficient (Wildman–Crippen LogP) is 0.624. The van der Waals surface area contributed by atoms with Gasteiger partial charge in [-0.25, -0.2) is 0 Å². The molecule has 12 nitrogen and oxygen atoms in total. The van der Waals surface area contributed by atoms with Crippen LogP contribution >= 0.6 is 0 Å². The topological polar surface area (TPSA) is 159 Å². The van der Waals surface area contributed by atoms with Crippen molar-refractivity contribution < 1.29 is 33.8 Å². The number of likely N-dealkylation sites (tertiary alicyclic amines) is 1. The molecule has 1 fully saturated rings. The van der Waals surface area contributed by atoms with Crippen LogP contribution in [0.3, 0.4) is 0 Å². The monoisotopic (exact) mass is 453 g/mol. The second kappa shape index (κ2) is 14.6. The van der Waals surface area contributed by atoms with Gasteiger partial charge in [-0.2, -0.15) is 5.10 Å². The predicted molar refractivity (Wildman–Crippen MR) is 115 cm³/mol. The van der Waals surface area contributed by atoms with Crippen LogP contribution in [0.1, 0.15) is 18.4 Å². The lowest BCUT2D eigenvalue weighted by molar-refractivity contribution is -0.127. The maximum absolute atomic E-state index is 12.9. The van der Waals surface area contributed by atoms with E-state index in [4.69, 9.17) is 29.0 Å². The number of ether oxygens (including phenoxy) is 1. The van der Waals surface area contributed by atoms with E-state index in [2.05, 4.69) is 20.6 Å². The summed E-state index contributed by atoms with van der Waals surface area (Å²) in [6.45, 7) is 2.98. The molecule has 0 saturated carbocycles. The number of furan rings is 1. The number of piperidine rings is 1. The van der Waals surface area contributed by atoms with E-state index in [9.17, 15) is 4.79 Å². The zero-order valence-electron chi connectivity index (χ0n) is 18.3. The van der Waals surface area contributed by atoms with Crippen molar-refractivity contribution in [2.75, 3.05) is 38.7 Å². The first-order valence-corrected chi connectivity index (χ1v) is 9.88. The number of nitrogens with zero attached hydrogens (tertiary/aromatic N) is 3. The molecular weight excluding hydrogens is 422 g/mol. The summed E-state index contributed by atoms with van der Waals surface area (Å²) in [4.78, 5) is 32.0. The average Bonchev–Trinajstić information content (AvgIpc) is 3.42. The number of nitrogens with one attached hydrogen (secondary N) is 2. The standard InChI is InChI=1S/C18H27N5O3.2CH2O2/c1-22-8-3-16(21-22)20-18(17(24)19-7-12-25-2)5-9-23(10-6-18)13-15-4-11-26-14-15;2*2-1-3/h3-4,8,11,14H,5-7,9-10,12-13H2,1-2H3,(H,19,24)(H,20,21);2*1H,(H,2,3). The molecule has 2 aromatic heterocycles. The summed E-state index contributed by atoms with van der Waals surface area (Å²) in [5.74, 6) is 0.723. The van der Waals surface area contributed by atoms with E-state index >= 15 is 0 Å². The molecule has 0 aliphatic carbocycles. The summed E-state index contributed by atoms with van der Waals surface area (Å²) in [7, 11) is 3.49. The van der Waals surface area contributed by atoms with Crippen molar-refractivity contribution in [2.24, 2.45) is 7.05 Å². The maximum Gasteiger partial charge on any atom is 0.290 e. The van der Waals surface area contributed by atoms with E-state index in [0.717, 1.165) is 31.0 Å². The molecular formula is C20H31N5O7. The summed E-state index contributed by atoms with van der Waals surface area (Å²) in [5, 5.41) is 24.5.